The summed E-state index contributed by atoms with van der Waals surface area (Å²) in [6, 6.07) is 0. The van der Waals surface area contributed by atoms with Gasteiger partial charge in [0.1, 0.15) is 0 Å². The van der Waals surface area contributed by atoms with E-state index < -0.39 is 6.10 Å². The van der Waals surface area contributed by atoms with Crippen LogP contribution < -0.4 is 0 Å². The molecular weight excluding hydrogens is 228 g/mol. The first-order valence-electron chi connectivity index (χ1n) is 5.22. The lowest BCUT2D eigenvalue weighted by Crippen LogP contribution is -2.17. The van der Waals surface area contributed by atoms with Gasteiger partial charge < -0.3 is 14.4 Å². The van der Waals surface area contributed by atoms with Crippen molar-refractivity contribution in [3.05, 3.63) is 11.7 Å². The van der Waals surface area contributed by atoms with Gasteiger partial charge in [-0.15, -0.1) is 0 Å². The molecule has 6 heteroatoms. The minimum Gasteiger partial charge on any atom is -0.390 e. The molecule has 1 aromatic heterocycles. The van der Waals surface area contributed by atoms with Gasteiger partial charge in [0.15, 0.2) is 5.82 Å². The van der Waals surface area contributed by atoms with Gasteiger partial charge in [-0.25, -0.2) is 0 Å². The Balaban J connectivity index is 2.39. The predicted octanol–water partition coefficient (Wildman–Crippen LogP) is 1.26. The third-order valence-corrected chi connectivity index (χ3v) is 2.92. The molecule has 1 aromatic rings. The van der Waals surface area contributed by atoms with Crippen LogP contribution in [0.15, 0.2) is 4.52 Å². The minimum absolute atomic E-state index is 0.276. The maximum atomic E-state index is 9.47. The highest BCUT2D eigenvalue weighted by Gasteiger charge is 2.12. The molecular formula is C10H18N2O3S. The summed E-state index contributed by atoms with van der Waals surface area (Å²) in [4.78, 5) is 4.19. The van der Waals surface area contributed by atoms with E-state index in [1.54, 1.807) is 18.9 Å². The number of aromatic nitrogens is 2. The van der Waals surface area contributed by atoms with Crippen molar-refractivity contribution in [1.82, 2.24) is 10.1 Å². The zero-order valence-corrected chi connectivity index (χ0v) is 10.7. The second-order valence-electron chi connectivity index (χ2n) is 3.78. The second-order valence-corrected chi connectivity index (χ2v) is 5.34. The SMILES string of the molecule is COCC(O)Cc1nc(CSC(C)C)no1. The van der Waals surface area contributed by atoms with Crippen LogP contribution in [0.2, 0.25) is 0 Å². The Bertz CT molecular complexity index is 304. The van der Waals surface area contributed by atoms with Crippen molar-refractivity contribution in [2.45, 2.75) is 37.4 Å². The number of hydrogen-bond acceptors (Lipinski definition) is 6. The molecule has 1 heterocycles. The van der Waals surface area contributed by atoms with Crippen molar-refractivity contribution in [2.75, 3.05) is 13.7 Å². The molecule has 0 aliphatic carbocycles. The molecule has 16 heavy (non-hydrogen) atoms. The maximum absolute atomic E-state index is 9.47. The lowest BCUT2D eigenvalue weighted by atomic mass is 10.3. The normalized spacial score (nSPS) is 13.3. The monoisotopic (exact) mass is 246 g/mol. The third-order valence-electron chi connectivity index (χ3n) is 1.83. The first-order valence-corrected chi connectivity index (χ1v) is 6.26. The van der Waals surface area contributed by atoms with E-state index in [0.29, 0.717) is 23.4 Å². The summed E-state index contributed by atoms with van der Waals surface area (Å²) in [5.41, 5.74) is 0. The smallest absolute Gasteiger partial charge is 0.229 e. The van der Waals surface area contributed by atoms with E-state index in [4.69, 9.17) is 9.26 Å². The molecule has 1 atom stereocenters. The topological polar surface area (TPSA) is 68.4 Å². The van der Waals surface area contributed by atoms with Crippen molar-refractivity contribution >= 4 is 11.8 Å². The van der Waals surface area contributed by atoms with E-state index in [-0.39, 0.29) is 6.61 Å². The molecule has 0 saturated heterocycles. The molecule has 0 amide bonds. The molecule has 0 saturated carbocycles. The van der Waals surface area contributed by atoms with Crippen molar-refractivity contribution in [3.8, 4) is 0 Å². The van der Waals surface area contributed by atoms with Crippen molar-refractivity contribution in [1.29, 1.82) is 0 Å². The van der Waals surface area contributed by atoms with Gasteiger partial charge in [0.05, 0.1) is 24.9 Å². The zero-order valence-electron chi connectivity index (χ0n) is 9.84. The van der Waals surface area contributed by atoms with Gasteiger partial charge in [0.2, 0.25) is 5.89 Å². The van der Waals surface area contributed by atoms with Crippen LogP contribution in [-0.4, -0.2) is 40.3 Å². The van der Waals surface area contributed by atoms with E-state index in [2.05, 4.69) is 24.0 Å². The van der Waals surface area contributed by atoms with Crippen molar-refractivity contribution < 1.29 is 14.4 Å². The number of ether oxygens (including phenoxy) is 1. The van der Waals surface area contributed by atoms with Crippen molar-refractivity contribution in [2.24, 2.45) is 0 Å². The number of methoxy groups -OCH3 is 1. The fourth-order valence-electron chi connectivity index (χ4n) is 1.13. The van der Waals surface area contributed by atoms with E-state index in [0.717, 1.165) is 5.75 Å². The van der Waals surface area contributed by atoms with Crippen LogP contribution in [0.25, 0.3) is 0 Å². The van der Waals surface area contributed by atoms with Crippen LogP contribution in [0.3, 0.4) is 0 Å². The maximum Gasteiger partial charge on any atom is 0.229 e. The Morgan fingerprint density at radius 3 is 2.88 bits per heavy atom. The van der Waals surface area contributed by atoms with Crippen molar-refractivity contribution in [3.63, 3.8) is 0 Å². The molecule has 0 aliphatic heterocycles. The molecule has 1 N–H and O–H groups in total. The Morgan fingerprint density at radius 2 is 2.25 bits per heavy atom. The zero-order chi connectivity index (χ0) is 12.0. The Morgan fingerprint density at radius 1 is 1.50 bits per heavy atom. The predicted molar refractivity (Wildman–Crippen MR) is 62.3 cm³/mol. The Kier molecular flexibility index (Phi) is 5.79. The van der Waals surface area contributed by atoms with E-state index >= 15 is 0 Å². The molecule has 92 valence electrons. The summed E-state index contributed by atoms with van der Waals surface area (Å²) in [6.45, 7) is 4.51. The third kappa shape index (κ3) is 4.96. The molecule has 1 unspecified atom stereocenters. The molecule has 0 fully saturated rings. The fourth-order valence-corrected chi connectivity index (χ4v) is 1.73. The molecule has 0 bridgehead atoms. The summed E-state index contributed by atoms with van der Waals surface area (Å²) < 4.78 is 9.84. The van der Waals surface area contributed by atoms with Crippen LogP contribution >= 0.6 is 11.8 Å². The average molecular weight is 246 g/mol. The number of thioether (sulfide) groups is 1. The number of aliphatic hydroxyl groups is 1. The lowest BCUT2D eigenvalue weighted by Gasteiger charge is -2.04. The van der Waals surface area contributed by atoms with Crippen LogP contribution in [-0.2, 0) is 16.9 Å². The molecule has 1 rings (SSSR count). The van der Waals surface area contributed by atoms with Gasteiger partial charge in [0, 0.05) is 7.11 Å². The van der Waals surface area contributed by atoms with Gasteiger partial charge in [0.25, 0.3) is 0 Å². The van der Waals surface area contributed by atoms with E-state index in [9.17, 15) is 5.11 Å². The second kappa shape index (κ2) is 6.88. The summed E-state index contributed by atoms with van der Waals surface area (Å²) in [5.74, 6) is 1.88. The minimum atomic E-state index is -0.587. The van der Waals surface area contributed by atoms with Crippen LogP contribution in [0, 0.1) is 0 Å². The highest BCUT2D eigenvalue weighted by Crippen LogP contribution is 2.15. The summed E-state index contributed by atoms with van der Waals surface area (Å²) >= 11 is 1.75. The largest absolute Gasteiger partial charge is 0.390 e. The van der Waals surface area contributed by atoms with Crippen LogP contribution in [0.1, 0.15) is 25.6 Å². The first kappa shape index (κ1) is 13.5. The average Bonchev–Trinajstić information content (AvgIpc) is 2.63. The highest BCUT2D eigenvalue weighted by atomic mass is 32.2. The first-order chi connectivity index (χ1) is 7.61. The molecule has 0 radical (unpaired) electrons. The Hall–Kier alpha value is -0.590. The summed E-state index contributed by atoms with van der Waals surface area (Å²) in [7, 11) is 1.54. The van der Waals surface area contributed by atoms with Gasteiger partial charge in [-0.1, -0.05) is 19.0 Å². The van der Waals surface area contributed by atoms with Crippen LogP contribution in [0.5, 0.6) is 0 Å². The number of aliphatic hydroxyl groups excluding tert-OH is 1. The van der Waals surface area contributed by atoms with Crippen LogP contribution in [0.4, 0.5) is 0 Å². The lowest BCUT2D eigenvalue weighted by molar-refractivity contribution is 0.0599. The highest BCUT2D eigenvalue weighted by molar-refractivity contribution is 7.99. The molecule has 0 aliphatic rings. The van der Waals surface area contributed by atoms with E-state index in [1.807, 2.05) is 0 Å². The summed E-state index contributed by atoms with van der Waals surface area (Å²) in [6.07, 6.45) is -0.247. The quantitative estimate of drug-likeness (QED) is 0.781. The molecule has 0 spiro atoms. The van der Waals surface area contributed by atoms with E-state index in [1.165, 1.54) is 0 Å². The number of nitrogens with zero attached hydrogens (tertiary/aromatic N) is 2. The standard InChI is InChI=1S/C10H18N2O3S/c1-7(2)16-6-9-11-10(15-12-9)4-8(13)5-14-3/h7-8,13H,4-6H2,1-3H3. The Labute approximate surface area is 99.6 Å². The molecule has 0 aromatic carbocycles. The van der Waals surface area contributed by atoms with Gasteiger partial charge in [-0.3, -0.25) is 0 Å². The fraction of sp³-hybridized carbons (Fsp3) is 0.800. The van der Waals surface area contributed by atoms with Gasteiger partial charge >= 0.3 is 0 Å². The number of rotatable bonds is 7. The van der Waals surface area contributed by atoms with Gasteiger partial charge in [-0.05, 0) is 5.25 Å². The summed E-state index contributed by atoms with van der Waals surface area (Å²) in [5, 5.41) is 13.9. The van der Waals surface area contributed by atoms with Gasteiger partial charge in [-0.2, -0.15) is 16.7 Å². The molecule has 5 nitrogen and oxygen atoms in total. The number of hydrogen-bond donors (Lipinski definition) is 1.